The SMILES string of the molecule is COc1ccc(-c2cncc(CNC(C)C)c2)cc1Cl. The molecule has 0 saturated heterocycles. The summed E-state index contributed by atoms with van der Waals surface area (Å²) in [4.78, 5) is 4.30. The molecule has 2 aromatic rings. The number of rotatable bonds is 5. The quantitative estimate of drug-likeness (QED) is 0.906. The Balaban J connectivity index is 2.24. The van der Waals surface area contributed by atoms with E-state index in [4.69, 9.17) is 16.3 Å². The van der Waals surface area contributed by atoms with Gasteiger partial charge in [0.15, 0.2) is 0 Å². The van der Waals surface area contributed by atoms with E-state index in [2.05, 4.69) is 30.2 Å². The van der Waals surface area contributed by atoms with Crippen molar-refractivity contribution in [3.63, 3.8) is 0 Å². The Morgan fingerprint density at radius 2 is 2.00 bits per heavy atom. The molecule has 1 aromatic heterocycles. The number of hydrogen-bond donors (Lipinski definition) is 1. The first-order chi connectivity index (χ1) is 9.60. The Morgan fingerprint density at radius 1 is 1.20 bits per heavy atom. The van der Waals surface area contributed by atoms with Gasteiger partial charge in [0.2, 0.25) is 0 Å². The van der Waals surface area contributed by atoms with Crippen LogP contribution in [0.2, 0.25) is 5.02 Å². The molecule has 20 heavy (non-hydrogen) atoms. The number of nitrogens with zero attached hydrogens (tertiary/aromatic N) is 1. The number of hydrogen-bond acceptors (Lipinski definition) is 3. The molecule has 0 spiro atoms. The Kier molecular flexibility index (Phi) is 4.99. The second-order valence-corrected chi connectivity index (χ2v) is 5.37. The third-order valence-corrected chi connectivity index (χ3v) is 3.29. The maximum Gasteiger partial charge on any atom is 0.137 e. The molecule has 0 saturated carbocycles. The third-order valence-electron chi connectivity index (χ3n) is 2.99. The molecule has 0 radical (unpaired) electrons. The van der Waals surface area contributed by atoms with Crippen LogP contribution in [0.4, 0.5) is 0 Å². The van der Waals surface area contributed by atoms with Crippen molar-refractivity contribution < 1.29 is 4.74 Å². The van der Waals surface area contributed by atoms with E-state index in [9.17, 15) is 0 Å². The zero-order chi connectivity index (χ0) is 14.5. The van der Waals surface area contributed by atoms with Crippen LogP contribution in [0.3, 0.4) is 0 Å². The number of pyridine rings is 1. The summed E-state index contributed by atoms with van der Waals surface area (Å²) in [6.45, 7) is 5.06. The summed E-state index contributed by atoms with van der Waals surface area (Å²) in [5, 5.41) is 3.99. The molecule has 0 aliphatic heterocycles. The Labute approximate surface area is 124 Å². The summed E-state index contributed by atoms with van der Waals surface area (Å²) in [5.74, 6) is 0.681. The molecule has 0 aliphatic rings. The molecule has 1 aromatic carbocycles. The molecule has 1 heterocycles. The Hall–Kier alpha value is -1.58. The smallest absolute Gasteiger partial charge is 0.137 e. The first kappa shape index (κ1) is 14.8. The predicted molar refractivity (Wildman–Crippen MR) is 83.2 cm³/mol. The van der Waals surface area contributed by atoms with Crippen LogP contribution >= 0.6 is 11.6 Å². The van der Waals surface area contributed by atoms with E-state index in [1.54, 1.807) is 7.11 Å². The first-order valence-electron chi connectivity index (χ1n) is 6.61. The minimum Gasteiger partial charge on any atom is -0.495 e. The van der Waals surface area contributed by atoms with Crippen molar-refractivity contribution in [2.45, 2.75) is 26.4 Å². The number of methoxy groups -OCH3 is 1. The molecular formula is C16H19ClN2O. The van der Waals surface area contributed by atoms with Crippen LogP contribution in [0.1, 0.15) is 19.4 Å². The molecule has 1 N–H and O–H groups in total. The van der Waals surface area contributed by atoms with Gasteiger partial charge in [0, 0.05) is 30.5 Å². The molecule has 2 rings (SSSR count). The van der Waals surface area contributed by atoms with Gasteiger partial charge in [0.05, 0.1) is 12.1 Å². The van der Waals surface area contributed by atoms with E-state index in [1.165, 1.54) is 0 Å². The Morgan fingerprint density at radius 3 is 2.65 bits per heavy atom. The molecule has 0 amide bonds. The van der Waals surface area contributed by atoms with Crippen molar-refractivity contribution >= 4 is 11.6 Å². The van der Waals surface area contributed by atoms with Crippen molar-refractivity contribution in [2.75, 3.05) is 7.11 Å². The van der Waals surface area contributed by atoms with Gasteiger partial charge in [-0.3, -0.25) is 4.98 Å². The lowest BCUT2D eigenvalue weighted by Crippen LogP contribution is -2.21. The number of halogens is 1. The average molecular weight is 291 g/mol. The van der Waals surface area contributed by atoms with Crippen LogP contribution in [0.15, 0.2) is 36.7 Å². The van der Waals surface area contributed by atoms with Crippen LogP contribution in [-0.4, -0.2) is 18.1 Å². The minimum absolute atomic E-state index is 0.453. The highest BCUT2D eigenvalue weighted by molar-refractivity contribution is 6.32. The molecule has 0 unspecified atom stereocenters. The van der Waals surface area contributed by atoms with Gasteiger partial charge in [-0.1, -0.05) is 31.5 Å². The van der Waals surface area contributed by atoms with Gasteiger partial charge >= 0.3 is 0 Å². The maximum absolute atomic E-state index is 6.16. The summed E-state index contributed by atoms with van der Waals surface area (Å²) < 4.78 is 5.17. The lowest BCUT2D eigenvalue weighted by Gasteiger charge is -2.10. The molecule has 0 bridgehead atoms. The highest BCUT2D eigenvalue weighted by Gasteiger charge is 2.05. The van der Waals surface area contributed by atoms with Crippen LogP contribution in [0.25, 0.3) is 11.1 Å². The third kappa shape index (κ3) is 3.71. The normalized spacial score (nSPS) is 10.8. The van der Waals surface area contributed by atoms with Gasteiger partial charge in [-0.2, -0.15) is 0 Å². The van der Waals surface area contributed by atoms with E-state index in [0.29, 0.717) is 16.8 Å². The zero-order valence-electron chi connectivity index (χ0n) is 12.0. The molecule has 3 nitrogen and oxygen atoms in total. The van der Waals surface area contributed by atoms with Crippen LogP contribution < -0.4 is 10.1 Å². The first-order valence-corrected chi connectivity index (χ1v) is 6.99. The topological polar surface area (TPSA) is 34.1 Å². The molecule has 0 aliphatic carbocycles. The van der Waals surface area contributed by atoms with E-state index in [1.807, 2.05) is 30.6 Å². The average Bonchev–Trinajstić information content (AvgIpc) is 2.45. The van der Waals surface area contributed by atoms with Crippen LogP contribution in [0.5, 0.6) is 5.75 Å². The van der Waals surface area contributed by atoms with Crippen molar-refractivity contribution in [1.82, 2.24) is 10.3 Å². The molecule has 0 fully saturated rings. The number of aromatic nitrogens is 1. The molecule has 0 atom stereocenters. The lowest BCUT2D eigenvalue weighted by molar-refractivity contribution is 0.415. The van der Waals surface area contributed by atoms with Gasteiger partial charge in [-0.05, 0) is 29.3 Å². The monoisotopic (exact) mass is 290 g/mol. The van der Waals surface area contributed by atoms with Crippen LogP contribution in [0, 0.1) is 0 Å². The maximum atomic E-state index is 6.16. The number of ether oxygens (including phenoxy) is 1. The van der Waals surface area contributed by atoms with E-state index in [-0.39, 0.29) is 0 Å². The zero-order valence-corrected chi connectivity index (χ0v) is 12.7. The number of benzene rings is 1. The summed E-state index contributed by atoms with van der Waals surface area (Å²) in [6.07, 6.45) is 3.72. The summed E-state index contributed by atoms with van der Waals surface area (Å²) >= 11 is 6.16. The summed E-state index contributed by atoms with van der Waals surface area (Å²) in [5.41, 5.74) is 3.25. The highest BCUT2D eigenvalue weighted by atomic mass is 35.5. The van der Waals surface area contributed by atoms with Crippen molar-refractivity contribution in [3.05, 3.63) is 47.2 Å². The van der Waals surface area contributed by atoms with Gasteiger partial charge in [0.1, 0.15) is 5.75 Å². The van der Waals surface area contributed by atoms with Crippen molar-refractivity contribution in [3.8, 4) is 16.9 Å². The summed E-state index contributed by atoms with van der Waals surface area (Å²) in [6, 6.07) is 8.34. The lowest BCUT2D eigenvalue weighted by atomic mass is 10.1. The van der Waals surface area contributed by atoms with Crippen molar-refractivity contribution in [2.24, 2.45) is 0 Å². The summed E-state index contributed by atoms with van der Waals surface area (Å²) in [7, 11) is 1.61. The van der Waals surface area contributed by atoms with Gasteiger partial charge in [0.25, 0.3) is 0 Å². The van der Waals surface area contributed by atoms with E-state index >= 15 is 0 Å². The molecule has 4 heteroatoms. The minimum atomic E-state index is 0.453. The molecular weight excluding hydrogens is 272 g/mol. The fourth-order valence-corrected chi connectivity index (χ4v) is 2.17. The molecule has 106 valence electrons. The van der Waals surface area contributed by atoms with Gasteiger partial charge in [-0.15, -0.1) is 0 Å². The van der Waals surface area contributed by atoms with E-state index < -0.39 is 0 Å². The second-order valence-electron chi connectivity index (χ2n) is 4.97. The number of nitrogens with one attached hydrogen (secondary N) is 1. The van der Waals surface area contributed by atoms with Gasteiger partial charge in [-0.25, -0.2) is 0 Å². The largest absolute Gasteiger partial charge is 0.495 e. The fraction of sp³-hybridized carbons (Fsp3) is 0.312. The Bertz CT molecular complexity index is 584. The standard InChI is InChI=1S/C16H19ClN2O/c1-11(2)19-9-12-6-14(10-18-8-12)13-4-5-16(20-3)15(17)7-13/h4-8,10-11,19H,9H2,1-3H3. The second kappa shape index (κ2) is 6.73. The van der Waals surface area contributed by atoms with Crippen LogP contribution in [-0.2, 0) is 6.54 Å². The fourth-order valence-electron chi connectivity index (χ4n) is 1.91. The predicted octanol–water partition coefficient (Wildman–Crippen LogP) is 3.91. The van der Waals surface area contributed by atoms with E-state index in [0.717, 1.165) is 23.2 Å². The van der Waals surface area contributed by atoms with Crippen molar-refractivity contribution in [1.29, 1.82) is 0 Å². The van der Waals surface area contributed by atoms with Gasteiger partial charge < -0.3 is 10.1 Å². The highest BCUT2D eigenvalue weighted by Crippen LogP contribution is 2.30.